The maximum atomic E-state index is 11.4. The van der Waals surface area contributed by atoms with Gasteiger partial charge >= 0.3 is 0 Å². The summed E-state index contributed by atoms with van der Waals surface area (Å²) in [6, 6.07) is 0. The smallest absolute Gasteiger partial charge is 0.161 e. The largest absolute Gasteiger partial charge is 0.392 e. The molecular weight excluding hydrogens is 228 g/mol. The highest BCUT2D eigenvalue weighted by atomic mass is 16.3. The minimum absolute atomic E-state index is 0.0655. The SMILES string of the molecule is C=C1C(=O)C[C@@H](O)[C@@H]1C=C[C@@H](O)C1CCCCC1. The third-order valence-corrected chi connectivity index (χ3v) is 4.22. The Morgan fingerprint density at radius 1 is 1.28 bits per heavy atom. The van der Waals surface area contributed by atoms with Crippen LogP contribution in [0.15, 0.2) is 24.3 Å². The summed E-state index contributed by atoms with van der Waals surface area (Å²) in [5.74, 6) is -0.0439. The van der Waals surface area contributed by atoms with Gasteiger partial charge in [0, 0.05) is 12.3 Å². The van der Waals surface area contributed by atoms with Crippen LogP contribution >= 0.6 is 0 Å². The lowest BCUT2D eigenvalue weighted by Gasteiger charge is -2.24. The Balaban J connectivity index is 1.93. The lowest BCUT2D eigenvalue weighted by molar-refractivity contribution is -0.115. The van der Waals surface area contributed by atoms with Crippen molar-refractivity contribution in [3.63, 3.8) is 0 Å². The Labute approximate surface area is 108 Å². The fourth-order valence-electron chi connectivity index (χ4n) is 2.98. The number of Topliss-reactive ketones (excluding diaryl/α,β-unsaturated/α-hetero) is 1. The van der Waals surface area contributed by atoms with Gasteiger partial charge in [-0.3, -0.25) is 4.79 Å². The normalized spacial score (nSPS) is 32.3. The number of ketones is 1. The Morgan fingerprint density at radius 3 is 2.50 bits per heavy atom. The van der Waals surface area contributed by atoms with Gasteiger partial charge in [-0.1, -0.05) is 38.0 Å². The lowest BCUT2D eigenvalue weighted by Crippen LogP contribution is -2.21. The van der Waals surface area contributed by atoms with E-state index in [1.807, 2.05) is 0 Å². The zero-order valence-electron chi connectivity index (χ0n) is 10.7. The zero-order chi connectivity index (χ0) is 13.1. The van der Waals surface area contributed by atoms with Gasteiger partial charge in [-0.25, -0.2) is 0 Å². The highest BCUT2D eigenvalue weighted by molar-refractivity contribution is 5.98. The summed E-state index contributed by atoms with van der Waals surface area (Å²) in [4.78, 5) is 11.4. The van der Waals surface area contributed by atoms with Gasteiger partial charge in [0.15, 0.2) is 5.78 Å². The average Bonchev–Trinajstić information content (AvgIpc) is 2.62. The second-order valence-electron chi connectivity index (χ2n) is 5.52. The monoisotopic (exact) mass is 250 g/mol. The summed E-state index contributed by atoms with van der Waals surface area (Å²) < 4.78 is 0. The molecule has 3 nitrogen and oxygen atoms in total. The molecule has 0 unspecified atom stereocenters. The summed E-state index contributed by atoms with van der Waals surface area (Å²) in [5.41, 5.74) is 0.467. The molecule has 0 heterocycles. The Kier molecular flexibility index (Phi) is 4.36. The summed E-state index contributed by atoms with van der Waals surface area (Å²) in [6.07, 6.45) is 8.31. The number of rotatable bonds is 3. The van der Waals surface area contributed by atoms with Crippen molar-refractivity contribution in [3.8, 4) is 0 Å². The van der Waals surface area contributed by atoms with Gasteiger partial charge in [0.05, 0.1) is 12.2 Å². The fraction of sp³-hybridized carbons (Fsp3) is 0.667. The van der Waals surface area contributed by atoms with E-state index in [-0.39, 0.29) is 18.1 Å². The van der Waals surface area contributed by atoms with Crippen LogP contribution in [0, 0.1) is 11.8 Å². The maximum absolute atomic E-state index is 11.4. The van der Waals surface area contributed by atoms with E-state index in [2.05, 4.69) is 6.58 Å². The topological polar surface area (TPSA) is 57.5 Å². The highest BCUT2D eigenvalue weighted by Gasteiger charge is 2.33. The molecule has 0 amide bonds. The number of aliphatic hydroxyl groups excluding tert-OH is 2. The van der Waals surface area contributed by atoms with Gasteiger partial charge in [0.2, 0.25) is 0 Å². The predicted molar refractivity (Wildman–Crippen MR) is 70.0 cm³/mol. The van der Waals surface area contributed by atoms with Crippen LogP contribution in [-0.2, 0) is 4.79 Å². The van der Waals surface area contributed by atoms with Crippen molar-refractivity contribution < 1.29 is 15.0 Å². The molecule has 2 N–H and O–H groups in total. The van der Waals surface area contributed by atoms with E-state index in [1.54, 1.807) is 12.2 Å². The first-order valence-corrected chi connectivity index (χ1v) is 6.86. The molecule has 0 aromatic heterocycles. The molecule has 0 aromatic carbocycles. The molecule has 3 atom stereocenters. The first-order valence-electron chi connectivity index (χ1n) is 6.86. The third kappa shape index (κ3) is 2.90. The van der Waals surface area contributed by atoms with Crippen molar-refractivity contribution >= 4 is 5.78 Å². The van der Waals surface area contributed by atoms with Crippen molar-refractivity contribution in [2.45, 2.75) is 50.7 Å². The molecule has 0 bridgehead atoms. The van der Waals surface area contributed by atoms with Crippen molar-refractivity contribution in [2.24, 2.45) is 11.8 Å². The van der Waals surface area contributed by atoms with Gasteiger partial charge in [-0.05, 0) is 24.3 Å². The summed E-state index contributed by atoms with van der Waals surface area (Å²) in [7, 11) is 0. The minimum Gasteiger partial charge on any atom is -0.392 e. The molecule has 0 aromatic rings. The molecular formula is C15H22O3. The van der Waals surface area contributed by atoms with Gasteiger partial charge in [-0.15, -0.1) is 0 Å². The van der Waals surface area contributed by atoms with Crippen LogP contribution in [0.3, 0.4) is 0 Å². The van der Waals surface area contributed by atoms with Crippen LogP contribution in [0.25, 0.3) is 0 Å². The minimum atomic E-state index is -0.667. The van der Waals surface area contributed by atoms with E-state index in [1.165, 1.54) is 19.3 Å². The molecule has 0 aliphatic heterocycles. The quantitative estimate of drug-likeness (QED) is 0.595. The molecule has 18 heavy (non-hydrogen) atoms. The van der Waals surface area contributed by atoms with Crippen molar-refractivity contribution in [1.29, 1.82) is 0 Å². The van der Waals surface area contributed by atoms with E-state index in [0.717, 1.165) is 12.8 Å². The number of carbonyl (C=O) groups excluding carboxylic acids is 1. The van der Waals surface area contributed by atoms with E-state index >= 15 is 0 Å². The van der Waals surface area contributed by atoms with E-state index < -0.39 is 12.2 Å². The molecule has 2 fully saturated rings. The molecule has 0 saturated heterocycles. The number of carbonyl (C=O) groups is 1. The number of hydrogen-bond donors (Lipinski definition) is 2. The highest BCUT2D eigenvalue weighted by Crippen LogP contribution is 2.30. The van der Waals surface area contributed by atoms with Gasteiger partial charge < -0.3 is 10.2 Å². The van der Waals surface area contributed by atoms with Crippen molar-refractivity contribution in [1.82, 2.24) is 0 Å². The number of aliphatic hydroxyl groups is 2. The molecule has 2 rings (SSSR count). The van der Waals surface area contributed by atoms with Gasteiger partial charge in [0.25, 0.3) is 0 Å². The van der Waals surface area contributed by atoms with Gasteiger partial charge in [-0.2, -0.15) is 0 Å². The van der Waals surface area contributed by atoms with Crippen LogP contribution in [0.5, 0.6) is 0 Å². The van der Waals surface area contributed by atoms with Crippen molar-refractivity contribution in [2.75, 3.05) is 0 Å². The Hall–Kier alpha value is -0.930. The summed E-state index contributed by atoms with van der Waals surface area (Å²) >= 11 is 0. The summed E-state index contributed by atoms with van der Waals surface area (Å²) in [5, 5.41) is 19.8. The summed E-state index contributed by atoms with van der Waals surface area (Å²) in [6.45, 7) is 3.72. The second kappa shape index (κ2) is 5.81. The molecule has 0 radical (unpaired) electrons. The lowest BCUT2D eigenvalue weighted by atomic mass is 9.84. The van der Waals surface area contributed by atoms with E-state index in [4.69, 9.17) is 0 Å². The molecule has 100 valence electrons. The first kappa shape index (κ1) is 13.5. The molecule has 2 aliphatic carbocycles. The van der Waals surface area contributed by atoms with Crippen LogP contribution < -0.4 is 0 Å². The Morgan fingerprint density at radius 2 is 1.94 bits per heavy atom. The van der Waals surface area contributed by atoms with Crippen LogP contribution in [0.1, 0.15) is 38.5 Å². The fourth-order valence-corrected chi connectivity index (χ4v) is 2.98. The molecule has 3 heteroatoms. The first-order chi connectivity index (χ1) is 8.59. The van der Waals surface area contributed by atoms with Crippen molar-refractivity contribution in [3.05, 3.63) is 24.3 Å². The van der Waals surface area contributed by atoms with E-state index in [9.17, 15) is 15.0 Å². The molecule has 2 aliphatic rings. The predicted octanol–water partition coefficient (Wildman–Crippen LogP) is 1.99. The maximum Gasteiger partial charge on any atom is 0.161 e. The van der Waals surface area contributed by atoms with Crippen LogP contribution in [-0.4, -0.2) is 28.2 Å². The zero-order valence-corrected chi connectivity index (χ0v) is 10.7. The standard InChI is InChI=1S/C15H22O3/c1-10-12(15(18)9-14(10)17)7-8-13(16)11-5-3-2-4-6-11/h7-8,11-13,15-16,18H,1-6,9H2/t12-,13-,15-/m1/s1. The third-order valence-electron chi connectivity index (χ3n) is 4.22. The second-order valence-corrected chi connectivity index (χ2v) is 5.52. The van der Waals surface area contributed by atoms with E-state index in [0.29, 0.717) is 11.5 Å². The van der Waals surface area contributed by atoms with Crippen LogP contribution in [0.4, 0.5) is 0 Å². The van der Waals surface area contributed by atoms with Crippen LogP contribution in [0.2, 0.25) is 0 Å². The van der Waals surface area contributed by atoms with Gasteiger partial charge in [0.1, 0.15) is 0 Å². The average molecular weight is 250 g/mol. The number of hydrogen-bond acceptors (Lipinski definition) is 3. The molecule has 2 saturated carbocycles. The Bertz CT molecular complexity index is 353. The molecule has 0 spiro atoms.